The average Bonchev–Trinajstić information content (AvgIpc) is 3.10. The van der Waals surface area contributed by atoms with Gasteiger partial charge in [-0.2, -0.15) is 5.26 Å². The van der Waals surface area contributed by atoms with Crippen LogP contribution < -0.4 is 0 Å². The van der Waals surface area contributed by atoms with E-state index in [9.17, 15) is 4.79 Å². The predicted molar refractivity (Wildman–Crippen MR) is 108 cm³/mol. The molecule has 2 aromatic rings. The molecule has 1 aromatic carbocycles. The van der Waals surface area contributed by atoms with E-state index in [1.54, 1.807) is 0 Å². The van der Waals surface area contributed by atoms with Gasteiger partial charge in [0.1, 0.15) is 0 Å². The standard InChI is InChI=1S/C23H29N3O/c1-6-22-15(2)11-16(3)25(22)14-23(27)21-12-17(4)26(18(21)5)20-9-7-19(13-24)8-10-20/h7-10,12,15-16,22H,6,11,14H2,1-5H3. The second kappa shape index (κ2) is 7.70. The number of aryl methyl sites for hydroxylation is 1. The van der Waals surface area contributed by atoms with Crippen LogP contribution in [0.5, 0.6) is 0 Å². The number of carbonyl (C=O) groups is 1. The highest BCUT2D eigenvalue weighted by atomic mass is 16.1. The van der Waals surface area contributed by atoms with E-state index < -0.39 is 0 Å². The fraction of sp³-hybridized carbons (Fsp3) is 0.478. The van der Waals surface area contributed by atoms with Crippen molar-refractivity contribution in [3.05, 3.63) is 52.8 Å². The van der Waals surface area contributed by atoms with Crippen LogP contribution in [-0.2, 0) is 0 Å². The van der Waals surface area contributed by atoms with Crippen molar-refractivity contribution in [1.82, 2.24) is 9.47 Å². The number of hydrogen-bond donors (Lipinski definition) is 0. The first kappa shape index (κ1) is 19.4. The topological polar surface area (TPSA) is 49.0 Å². The van der Waals surface area contributed by atoms with Crippen molar-refractivity contribution < 1.29 is 4.79 Å². The molecule has 3 rings (SSSR count). The Bertz CT molecular complexity index is 872. The lowest BCUT2D eigenvalue weighted by Crippen LogP contribution is -2.39. The van der Waals surface area contributed by atoms with Crippen molar-refractivity contribution in [2.24, 2.45) is 5.92 Å². The second-order valence-corrected chi connectivity index (χ2v) is 7.91. The molecule has 0 saturated carbocycles. The molecule has 1 aliphatic heterocycles. The molecule has 3 atom stereocenters. The molecule has 0 radical (unpaired) electrons. The van der Waals surface area contributed by atoms with Gasteiger partial charge in [0.25, 0.3) is 0 Å². The molecule has 4 heteroatoms. The minimum Gasteiger partial charge on any atom is -0.318 e. The summed E-state index contributed by atoms with van der Waals surface area (Å²) in [5, 5.41) is 9.00. The first-order valence-corrected chi connectivity index (χ1v) is 9.85. The summed E-state index contributed by atoms with van der Waals surface area (Å²) >= 11 is 0. The number of benzene rings is 1. The van der Waals surface area contributed by atoms with E-state index in [1.807, 2.05) is 44.2 Å². The van der Waals surface area contributed by atoms with Crippen molar-refractivity contribution >= 4 is 5.78 Å². The molecule has 3 unspecified atom stereocenters. The SMILES string of the molecule is CCC1C(C)CC(C)N1CC(=O)c1cc(C)n(-c2ccc(C#N)cc2)c1C. The van der Waals surface area contributed by atoms with E-state index in [2.05, 4.69) is 36.3 Å². The van der Waals surface area contributed by atoms with Gasteiger partial charge in [-0.3, -0.25) is 9.69 Å². The lowest BCUT2D eigenvalue weighted by Gasteiger charge is -2.28. The van der Waals surface area contributed by atoms with Crippen LogP contribution in [0.25, 0.3) is 5.69 Å². The number of hydrogen-bond acceptors (Lipinski definition) is 3. The molecule has 1 saturated heterocycles. The van der Waals surface area contributed by atoms with E-state index in [1.165, 1.54) is 0 Å². The van der Waals surface area contributed by atoms with E-state index >= 15 is 0 Å². The number of likely N-dealkylation sites (tertiary alicyclic amines) is 1. The Hall–Kier alpha value is -2.38. The molecule has 0 aliphatic carbocycles. The first-order valence-electron chi connectivity index (χ1n) is 9.85. The molecule has 27 heavy (non-hydrogen) atoms. The van der Waals surface area contributed by atoms with Crippen LogP contribution in [0, 0.1) is 31.1 Å². The molecule has 4 nitrogen and oxygen atoms in total. The zero-order valence-corrected chi connectivity index (χ0v) is 17.0. The van der Waals surface area contributed by atoms with E-state index in [0.717, 1.165) is 35.5 Å². The Morgan fingerprint density at radius 1 is 1.22 bits per heavy atom. The van der Waals surface area contributed by atoms with Crippen molar-refractivity contribution in [3.63, 3.8) is 0 Å². The Balaban J connectivity index is 1.87. The Labute approximate surface area is 162 Å². The van der Waals surface area contributed by atoms with Gasteiger partial charge in [-0.05, 0) is 69.9 Å². The highest BCUT2D eigenvalue weighted by molar-refractivity contribution is 5.99. The number of ketones is 1. The van der Waals surface area contributed by atoms with Crippen LogP contribution in [0.4, 0.5) is 0 Å². The summed E-state index contributed by atoms with van der Waals surface area (Å²) in [7, 11) is 0. The highest BCUT2D eigenvalue weighted by Gasteiger charge is 2.36. The third-order valence-electron chi connectivity index (χ3n) is 6.09. The minimum absolute atomic E-state index is 0.197. The van der Waals surface area contributed by atoms with Crippen LogP contribution in [-0.4, -0.2) is 33.9 Å². The molecule has 0 amide bonds. The van der Waals surface area contributed by atoms with Crippen LogP contribution in [0.15, 0.2) is 30.3 Å². The molecule has 0 spiro atoms. The van der Waals surface area contributed by atoms with E-state index in [-0.39, 0.29) is 5.78 Å². The third-order valence-corrected chi connectivity index (χ3v) is 6.09. The van der Waals surface area contributed by atoms with Gasteiger partial charge in [-0.1, -0.05) is 13.8 Å². The molecule has 2 heterocycles. The molecular weight excluding hydrogens is 334 g/mol. The van der Waals surface area contributed by atoms with Gasteiger partial charge >= 0.3 is 0 Å². The fourth-order valence-corrected chi connectivity index (χ4v) is 4.77. The average molecular weight is 364 g/mol. The van der Waals surface area contributed by atoms with Gasteiger partial charge in [0.15, 0.2) is 5.78 Å². The summed E-state index contributed by atoms with van der Waals surface area (Å²) in [4.78, 5) is 15.5. The summed E-state index contributed by atoms with van der Waals surface area (Å²) in [6.07, 6.45) is 2.25. The molecule has 1 aromatic heterocycles. The maximum Gasteiger partial charge on any atom is 0.178 e. The number of aromatic nitrogens is 1. The summed E-state index contributed by atoms with van der Waals surface area (Å²) < 4.78 is 2.10. The van der Waals surface area contributed by atoms with Crippen molar-refractivity contribution in [2.45, 2.75) is 59.5 Å². The van der Waals surface area contributed by atoms with E-state index in [4.69, 9.17) is 5.26 Å². The quantitative estimate of drug-likeness (QED) is 0.726. The Morgan fingerprint density at radius 3 is 2.48 bits per heavy atom. The lowest BCUT2D eigenvalue weighted by molar-refractivity contribution is 0.0880. The van der Waals surface area contributed by atoms with Crippen LogP contribution in [0.3, 0.4) is 0 Å². The third kappa shape index (κ3) is 3.57. The maximum absolute atomic E-state index is 13.1. The highest BCUT2D eigenvalue weighted by Crippen LogP contribution is 2.32. The van der Waals surface area contributed by atoms with Crippen LogP contribution in [0.2, 0.25) is 0 Å². The monoisotopic (exact) mass is 363 g/mol. The smallest absolute Gasteiger partial charge is 0.178 e. The summed E-state index contributed by atoms with van der Waals surface area (Å²) in [5.41, 5.74) is 4.43. The Kier molecular flexibility index (Phi) is 5.53. The molecule has 142 valence electrons. The van der Waals surface area contributed by atoms with Gasteiger partial charge < -0.3 is 4.57 Å². The van der Waals surface area contributed by atoms with Crippen molar-refractivity contribution in [1.29, 1.82) is 5.26 Å². The number of nitriles is 1. The Morgan fingerprint density at radius 2 is 1.89 bits per heavy atom. The number of Topliss-reactive ketones (excluding diaryl/α,β-unsaturated/α-hetero) is 1. The molecule has 0 bridgehead atoms. The van der Waals surface area contributed by atoms with Crippen LogP contribution >= 0.6 is 0 Å². The minimum atomic E-state index is 0.197. The zero-order valence-electron chi connectivity index (χ0n) is 17.0. The van der Waals surface area contributed by atoms with Crippen molar-refractivity contribution in [3.8, 4) is 11.8 Å². The molecule has 0 N–H and O–H groups in total. The predicted octanol–water partition coefficient (Wildman–Crippen LogP) is 4.66. The van der Waals surface area contributed by atoms with Gasteiger partial charge in [0.05, 0.1) is 18.2 Å². The lowest BCUT2D eigenvalue weighted by atomic mass is 10.00. The van der Waals surface area contributed by atoms with Gasteiger partial charge in [-0.15, -0.1) is 0 Å². The molecule has 1 aliphatic rings. The van der Waals surface area contributed by atoms with Gasteiger partial charge in [-0.25, -0.2) is 0 Å². The van der Waals surface area contributed by atoms with E-state index in [0.29, 0.717) is 30.1 Å². The molecular formula is C23H29N3O. The largest absolute Gasteiger partial charge is 0.318 e. The zero-order chi connectivity index (χ0) is 19.7. The maximum atomic E-state index is 13.1. The number of nitrogens with zero attached hydrogens (tertiary/aromatic N) is 3. The summed E-state index contributed by atoms with van der Waals surface area (Å²) in [6, 6.07) is 12.6. The van der Waals surface area contributed by atoms with Crippen LogP contribution in [0.1, 0.15) is 60.9 Å². The van der Waals surface area contributed by atoms with Gasteiger partial charge in [0, 0.05) is 34.7 Å². The second-order valence-electron chi connectivity index (χ2n) is 7.91. The summed E-state index contributed by atoms with van der Waals surface area (Å²) in [5.74, 6) is 0.839. The normalized spacial score (nSPS) is 22.7. The fourth-order valence-electron chi connectivity index (χ4n) is 4.77. The van der Waals surface area contributed by atoms with Gasteiger partial charge in [0.2, 0.25) is 0 Å². The number of carbonyl (C=O) groups excluding carboxylic acids is 1. The molecule has 1 fully saturated rings. The van der Waals surface area contributed by atoms with Crippen molar-refractivity contribution in [2.75, 3.05) is 6.54 Å². The first-order chi connectivity index (χ1) is 12.9. The summed E-state index contributed by atoms with van der Waals surface area (Å²) in [6.45, 7) is 11.3. The number of rotatable bonds is 5.